The molecule has 1 aliphatic rings. The van der Waals surface area contributed by atoms with E-state index in [4.69, 9.17) is 4.74 Å². The maximum Gasteiger partial charge on any atom is 0.227 e. The number of fused-ring (bicyclic) bond motifs is 1. The highest BCUT2D eigenvalue weighted by molar-refractivity contribution is 6.01. The fourth-order valence-electron chi connectivity index (χ4n) is 4.46. The summed E-state index contributed by atoms with van der Waals surface area (Å²) in [7, 11) is 1.65. The molecule has 0 aliphatic carbocycles. The molecule has 1 saturated heterocycles. The van der Waals surface area contributed by atoms with Crippen molar-refractivity contribution >= 4 is 28.3 Å². The number of amides is 1. The number of rotatable bonds is 5. The molecule has 0 unspecified atom stereocenters. The summed E-state index contributed by atoms with van der Waals surface area (Å²) in [6.45, 7) is 3.49. The lowest BCUT2D eigenvalue weighted by Gasteiger charge is -2.32. The zero-order valence-electron chi connectivity index (χ0n) is 19.4. The van der Waals surface area contributed by atoms with E-state index in [1.54, 1.807) is 13.4 Å². The monoisotopic (exact) mass is 453 g/mol. The zero-order chi connectivity index (χ0) is 23.5. The van der Waals surface area contributed by atoms with E-state index in [1.165, 1.54) is 0 Å². The number of nitrogens with zero attached hydrogens (tertiary/aromatic N) is 4. The van der Waals surface area contributed by atoms with E-state index >= 15 is 0 Å². The summed E-state index contributed by atoms with van der Waals surface area (Å²) in [5.41, 5.74) is 4.49. The van der Waals surface area contributed by atoms with Gasteiger partial charge in [-0.2, -0.15) is 0 Å². The largest absolute Gasteiger partial charge is 0.497 e. The number of pyridine rings is 1. The highest BCUT2D eigenvalue weighted by Crippen LogP contribution is 2.28. The second-order valence-electron chi connectivity index (χ2n) is 8.57. The van der Waals surface area contributed by atoms with Crippen LogP contribution < -0.4 is 15.0 Å². The Labute approximate surface area is 198 Å². The number of hydrogen-bond donors (Lipinski definition) is 1. The van der Waals surface area contributed by atoms with Crippen LogP contribution >= 0.6 is 0 Å². The van der Waals surface area contributed by atoms with E-state index < -0.39 is 0 Å². The lowest BCUT2D eigenvalue weighted by Crippen LogP contribution is -2.38. The number of anilines is 2. The van der Waals surface area contributed by atoms with Gasteiger partial charge in [-0.15, -0.1) is 0 Å². The number of para-hydroxylation sites is 1. The van der Waals surface area contributed by atoms with Crippen molar-refractivity contribution in [2.24, 2.45) is 5.92 Å². The molecule has 0 radical (unpaired) electrons. The van der Waals surface area contributed by atoms with Crippen LogP contribution in [0.25, 0.3) is 22.2 Å². The minimum absolute atomic E-state index is 0.0358. The van der Waals surface area contributed by atoms with Crippen LogP contribution in [0.5, 0.6) is 5.75 Å². The molecule has 0 saturated carbocycles. The standard InChI is InChI=1S/C27H27N5O2/c1-18-15-25(22-5-3-4-6-23(22)30-18)31-27(33)20-11-13-32(14-12-20)26-16-24(28-17-29-26)19-7-9-21(34-2)10-8-19/h3-10,15-17,20H,11-14H2,1-2H3,(H,30,31,33). The van der Waals surface area contributed by atoms with Gasteiger partial charge in [-0.05, 0) is 56.2 Å². The highest BCUT2D eigenvalue weighted by Gasteiger charge is 2.26. The normalized spacial score (nSPS) is 14.2. The number of aryl methyl sites for hydroxylation is 1. The molecule has 0 bridgehead atoms. The quantitative estimate of drug-likeness (QED) is 0.465. The van der Waals surface area contributed by atoms with E-state index in [9.17, 15) is 4.79 Å². The van der Waals surface area contributed by atoms with Crippen LogP contribution in [0, 0.1) is 12.8 Å². The lowest BCUT2D eigenvalue weighted by molar-refractivity contribution is -0.120. The van der Waals surface area contributed by atoms with Crippen molar-refractivity contribution in [3.63, 3.8) is 0 Å². The molecule has 34 heavy (non-hydrogen) atoms. The van der Waals surface area contributed by atoms with Gasteiger partial charge in [-0.25, -0.2) is 9.97 Å². The molecular formula is C27H27N5O2. The topological polar surface area (TPSA) is 80.2 Å². The number of piperidine rings is 1. The first kappa shape index (κ1) is 21.8. The number of benzene rings is 2. The molecular weight excluding hydrogens is 426 g/mol. The Kier molecular flexibility index (Phi) is 6.08. The Morgan fingerprint density at radius 3 is 2.56 bits per heavy atom. The molecule has 5 rings (SSSR count). The van der Waals surface area contributed by atoms with Crippen molar-refractivity contribution < 1.29 is 9.53 Å². The summed E-state index contributed by atoms with van der Waals surface area (Å²) in [6.07, 6.45) is 3.15. The summed E-state index contributed by atoms with van der Waals surface area (Å²) in [5.74, 6) is 1.73. The van der Waals surface area contributed by atoms with Crippen LogP contribution in [0.3, 0.4) is 0 Å². The molecule has 7 heteroatoms. The van der Waals surface area contributed by atoms with E-state index in [1.807, 2.05) is 67.6 Å². The summed E-state index contributed by atoms with van der Waals surface area (Å²) >= 11 is 0. The summed E-state index contributed by atoms with van der Waals surface area (Å²) in [6, 6.07) is 19.7. The van der Waals surface area contributed by atoms with Crippen molar-refractivity contribution in [3.05, 3.63) is 72.7 Å². The maximum atomic E-state index is 13.1. The van der Waals surface area contributed by atoms with Crippen molar-refractivity contribution in [1.29, 1.82) is 0 Å². The predicted octanol–water partition coefficient (Wildman–Crippen LogP) is 4.86. The third kappa shape index (κ3) is 4.55. The first-order valence-electron chi connectivity index (χ1n) is 11.5. The summed E-state index contributed by atoms with van der Waals surface area (Å²) in [4.78, 5) is 28.8. The van der Waals surface area contributed by atoms with Crippen LogP contribution in [0.15, 0.2) is 67.0 Å². The number of nitrogens with one attached hydrogen (secondary N) is 1. The molecule has 2 aromatic heterocycles. The van der Waals surface area contributed by atoms with E-state index in [0.717, 1.165) is 71.0 Å². The number of carbonyl (C=O) groups is 1. The second kappa shape index (κ2) is 9.47. The number of hydrogen-bond acceptors (Lipinski definition) is 6. The minimum atomic E-state index is -0.0358. The smallest absolute Gasteiger partial charge is 0.227 e. The van der Waals surface area contributed by atoms with Crippen LogP contribution in [0.1, 0.15) is 18.5 Å². The molecule has 1 N–H and O–H groups in total. The van der Waals surface area contributed by atoms with Crippen LogP contribution in [0.2, 0.25) is 0 Å². The Hall–Kier alpha value is -4.00. The number of carbonyl (C=O) groups excluding carboxylic acids is 1. The number of aromatic nitrogens is 3. The SMILES string of the molecule is COc1ccc(-c2cc(N3CCC(C(=O)Nc4cc(C)nc5ccccc45)CC3)ncn2)cc1. The molecule has 1 fully saturated rings. The Morgan fingerprint density at radius 1 is 1.03 bits per heavy atom. The van der Waals surface area contributed by atoms with Gasteiger partial charge < -0.3 is 15.0 Å². The van der Waals surface area contributed by atoms with Gasteiger partial charge in [0.25, 0.3) is 0 Å². The van der Waals surface area contributed by atoms with Gasteiger partial charge in [-0.1, -0.05) is 18.2 Å². The van der Waals surface area contributed by atoms with Gasteiger partial charge in [0.2, 0.25) is 5.91 Å². The fraction of sp³-hybridized carbons (Fsp3) is 0.259. The molecule has 0 spiro atoms. The number of methoxy groups -OCH3 is 1. The third-order valence-corrected chi connectivity index (χ3v) is 6.33. The van der Waals surface area contributed by atoms with E-state index in [-0.39, 0.29) is 11.8 Å². The van der Waals surface area contributed by atoms with Gasteiger partial charge in [0.1, 0.15) is 17.9 Å². The maximum absolute atomic E-state index is 13.1. The van der Waals surface area contributed by atoms with Crippen molar-refractivity contribution in [1.82, 2.24) is 15.0 Å². The average molecular weight is 454 g/mol. The fourth-order valence-corrected chi connectivity index (χ4v) is 4.46. The van der Waals surface area contributed by atoms with Gasteiger partial charge in [0.15, 0.2) is 0 Å². The Morgan fingerprint density at radius 2 is 1.79 bits per heavy atom. The third-order valence-electron chi connectivity index (χ3n) is 6.33. The number of ether oxygens (including phenoxy) is 1. The van der Waals surface area contributed by atoms with E-state index in [2.05, 4.69) is 25.2 Å². The molecule has 0 atom stereocenters. The van der Waals surface area contributed by atoms with Crippen LogP contribution in [0.4, 0.5) is 11.5 Å². The zero-order valence-corrected chi connectivity index (χ0v) is 19.4. The van der Waals surface area contributed by atoms with Gasteiger partial charge in [0.05, 0.1) is 24.0 Å². The molecule has 7 nitrogen and oxygen atoms in total. The second-order valence-corrected chi connectivity index (χ2v) is 8.57. The Balaban J connectivity index is 1.25. The van der Waals surface area contributed by atoms with Crippen molar-refractivity contribution in [2.45, 2.75) is 19.8 Å². The van der Waals surface area contributed by atoms with Crippen LogP contribution in [-0.4, -0.2) is 41.1 Å². The molecule has 4 aromatic rings. The Bertz CT molecular complexity index is 1310. The highest BCUT2D eigenvalue weighted by atomic mass is 16.5. The first-order chi connectivity index (χ1) is 16.6. The molecule has 2 aromatic carbocycles. The predicted molar refractivity (Wildman–Crippen MR) is 134 cm³/mol. The van der Waals surface area contributed by atoms with E-state index in [0.29, 0.717) is 0 Å². The molecule has 1 amide bonds. The van der Waals surface area contributed by atoms with Gasteiger partial charge >= 0.3 is 0 Å². The average Bonchev–Trinajstić information content (AvgIpc) is 2.89. The van der Waals surface area contributed by atoms with Crippen molar-refractivity contribution in [2.75, 3.05) is 30.4 Å². The summed E-state index contributed by atoms with van der Waals surface area (Å²) < 4.78 is 5.24. The lowest BCUT2D eigenvalue weighted by atomic mass is 9.95. The summed E-state index contributed by atoms with van der Waals surface area (Å²) in [5, 5.41) is 4.12. The van der Waals surface area contributed by atoms with Crippen LogP contribution in [-0.2, 0) is 4.79 Å². The van der Waals surface area contributed by atoms with Gasteiger partial charge in [-0.3, -0.25) is 9.78 Å². The first-order valence-corrected chi connectivity index (χ1v) is 11.5. The molecule has 172 valence electrons. The molecule has 1 aliphatic heterocycles. The molecule has 3 heterocycles. The van der Waals surface area contributed by atoms with Crippen molar-refractivity contribution in [3.8, 4) is 17.0 Å². The van der Waals surface area contributed by atoms with Gasteiger partial charge in [0, 0.05) is 41.7 Å². The minimum Gasteiger partial charge on any atom is -0.497 e.